The monoisotopic (exact) mass is 216 g/mol. The van der Waals surface area contributed by atoms with Crippen LogP contribution in [-0.2, 0) is 4.79 Å². The number of nitrogens with one attached hydrogen (secondary N) is 3. The van der Waals surface area contributed by atoms with Crippen LogP contribution in [0.3, 0.4) is 0 Å². The summed E-state index contributed by atoms with van der Waals surface area (Å²) in [5.41, 5.74) is 0. The molecule has 1 aliphatic rings. The number of piperazine rings is 1. The third-order valence-electron chi connectivity index (χ3n) is 2.46. The summed E-state index contributed by atoms with van der Waals surface area (Å²) in [5, 5.41) is 17.5. The molecular weight excluding hydrogens is 196 g/mol. The van der Waals surface area contributed by atoms with Crippen molar-refractivity contribution in [2.75, 3.05) is 46.3 Å². The molecule has 0 aromatic rings. The second-order valence-corrected chi connectivity index (χ2v) is 3.57. The fourth-order valence-corrected chi connectivity index (χ4v) is 1.50. The summed E-state index contributed by atoms with van der Waals surface area (Å²) in [4.78, 5) is 13.4. The van der Waals surface area contributed by atoms with E-state index in [1.807, 2.05) is 0 Å². The largest absolute Gasteiger partial charge is 0.370 e. The molecule has 6 nitrogen and oxygen atoms in total. The molecule has 1 amide bonds. The molecule has 0 spiro atoms. The number of rotatable bonds is 5. The van der Waals surface area contributed by atoms with Crippen LogP contribution in [0, 0.1) is 0 Å². The molecule has 4 N–H and O–H groups in total. The Labute approximate surface area is 90.0 Å². The first-order chi connectivity index (χ1) is 7.24. The molecule has 0 aromatic heterocycles. The Kier molecular flexibility index (Phi) is 5.56. The number of nitrogens with zero attached hydrogens (tertiary/aromatic N) is 1. The van der Waals surface area contributed by atoms with Crippen molar-refractivity contribution >= 4 is 5.91 Å². The van der Waals surface area contributed by atoms with E-state index in [4.69, 9.17) is 5.11 Å². The van der Waals surface area contributed by atoms with Gasteiger partial charge in [-0.3, -0.25) is 15.0 Å². The number of carbonyl (C=O) groups is 1. The van der Waals surface area contributed by atoms with E-state index in [9.17, 15) is 4.79 Å². The van der Waals surface area contributed by atoms with Crippen LogP contribution in [0.1, 0.15) is 0 Å². The molecule has 0 bridgehead atoms. The van der Waals surface area contributed by atoms with Gasteiger partial charge in [0.2, 0.25) is 0 Å². The molecule has 1 unspecified atom stereocenters. The Morgan fingerprint density at radius 2 is 2.20 bits per heavy atom. The zero-order valence-corrected chi connectivity index (χ0v) is 9.12. The molecule has 0 aromatic carbocycles. The number of hydrogen-bond donors (Lipinski definition) is 4. The second kappa shape index (κ2) is 6.73. The third kappa shape index (κ3) is 4.57. The highest BCUT2D eigenvalue weighted by Crippen LogP contribution is 1.89. The summed E-state index contributed by atoms with van der Waals surface area (Å²) in [5.74, 6) is -0.368. The Hall–Kier alpha value is -0.690. The van der Waals surface area contributed by atoms with E-state index < -0.39 is 6.23 Å². The van der Waals surface area contributed by atoms with Crippen LogP contribution in [0.2, 0.25) is 0 Å². The maximum absolute atomic E-state index is 11.2. The highest BCUT2D eigenvalue weighted by Gasteiger charge is 2.12. The lowest BCUT2D eigenvalue weighted by Gasteiger charge is -2.27. The second-order valence-electron chi connectivity index (χ2n) is 3.57. The molecule has 1 fully saturated rings. The summed E-state index contributed by atoms with van der Waals surface area (Å²) in [6.45, 7) is 5.47. The molecule has 0 aliphatic carbocycles. The predicted octanol–water partition coefficient (Wildman–Crippen LogP) is -2.45. The van der Waals surface area contributed by atoms with E-state index in [1.165, 1.54) is 0 Å². The zero-order valence-electron chi connectivity index (χ0n) is 9.12. The molecule has 0 saturated carbocycles. The lowest BCUT2D eigenvalue weighted by molar-refractivity contribution is -0.130. The van der Waals surface area contributed by atoms with E-state index >= 15 is 0 Å². The summed E-state index contributed by atoms with van der Waals surface area (Å²) in [7, 11) is 1.54. The smallest absolute Gasteiger partial charge is 0.264 e. The number of hydrogen-bond acceptors (Lipinski definition) is 5. The number of aliphatic hydroxyl groups is 1. The third-order valence-corrected chi connectivity index (χ3v) is 2.46. The van der Waals surface area contributed by atoms with Gasteiger partial charge in [-0.05, 0) is 7.05 Å². The minimum atomic E-state index is -1.10. The minimum absolute atomic E-state index is 0.368. The first kappa shape index (κ1) is 12.4. The Morgan fingerprint density at radius 3 is 2.80 bits per heavy atom. The molecular formula is C9H20N4O2. The van der Waals surface area contributed by atoms with Crippen molar-refractivity contribution in [3.05, 3.63) is 0 Å². The van der Waals surface area contributed by atoms with Crippen LogP contribution < -0.4 is 16.0 Å². The van der Waals surface area contributed by atoms with Gasteiger partial charge in [-0.25, -0.2) is 0 Å². The lowest BCUT2D eigenvalue weighted by Crippen LogP contribution is -2.48. The number of carbonyl (C=O) groups excluding carboxylic acids is 1. The number of amides is 1. The highest BCUT2D eigenvalue weighted by molar-refractivity contribution is 5.79. The van der Waals surface area contributed by atoms with Crippen molar-refractivity contribution in [2.24, 2.45) is 0 Å². The van der Waals surface area contributed by atoms with Crippen LogP contribution in [0.15, 0.2) is 0 Å². The quantitative estimate of drug-likeness (QED) is 0.384. The SMILES string of the molecule is CNC(O)C(=O)NCCN1CCNCC1. The van der Waals surface area contributed by atoms with Gasteiger partial charge in [-0.2, -0.15) is 0 Å². The average molecular weight is 216 g/mol. The van der Waals surface area contributed by atoms with E-state index in [0.717, 1.165) is 32.7 Å². The average Bonchev–Trinajstić information content (AvgIpc) is 2.29. The summed E-state index contributed by atoms with van der Waals surface area (Å²) < 4.78 is 0. The van der Waals surface area contributed by atoms with Crippen molar-refractivity contribution in [3.63, 3.8) is 0 Å². The van der Waals surface area contributed by atoms with Gasteiger partial charge in [-0.15, -0.1) is 0 Å². The van der Waals surface area contributed by atoms with Gasteiger partial charge in [0.05, 0.1) is 0 Å². The van der Waals surface area contributed by atoms with Crippen LogP contribution >= 0.6 is 0 Å². The first-order valence-corrected chi connectivity index (χ1v) is 5.30. The molecule has 1 rings (SSSR count). The minimum Gasteiger partial charge on any atom is -0.370 e. The molecule has 0 radical (unpaired) electrons. The summed E-state index contributed by atoms with van der Waals surface area (Å²) in [6.07, 6.45) is -1.10. The Balaban J connectivity index is 2.07. The van der Waals surface area contributed by atoms with Gasteiger partial charge < -0.3 is 15.7 Å². The maximum Gasteiger partial charge on any atom is 0.264 e. The molecule has 6 heteroatoms. The zero-order chi connectivity index (χ0) is 11.1. The molecule has 1 saturated heterocycles. The standard InChI is InChI=1S/C9H20N4O2/c1-10-8(14)9(15)12-4-7-13-5-2-11-3-6-13/h8,10-11,14H,2-7H2,1H3,(H,12,15). The predicted molar refractivity (Wildman–Crippen MR) is 57.4 cm³/mol. The fraction of sp³-hybridized carbons (Fsp3) is 0.889. The van der Waals surface area contributed by atoms with Crippen LogP contribution in [-0.4, -0.2) is 68.5 Å². The van der Waals surface area contributed by atoms with E-state index in [-0.39, 0.29) is 5.91 Å². The molecule has 88 valence electrons. The molecule has 1 aliphatic heterocycles. The lowest BCUT2D eigenvalue weighted by atomic mass is 10.3. The molecule has 1 atom stereocenters. The van der Waals surface area contributed by atoms with Gasteiger partial charge in [0.15, 0.2) is 6.23 Å². The van der Waals surface area contributed by atoms with Gasteiger partial charge in [0.1, 0.15) is 0 Å². The van der Waals surface area contributed by atoms with Gasteiger partial charge in [-0.1, -0.05) is 0 Å². The van der Waals surface area contributed by atoms with Gasteiger partial charge >= 0.3 is 0 Å². The van der Waals surface area contributed by atoms with Gasteiger partial charge in [0, 0.05) is 39.3 Å². The van der Waals surface area contributed by atoms with E-state index in [0.29, 0.717) is 6.54 Å². The molecule has 15 heavy (non-hydrogen) atoms. The fourth-order valence-electron chi connectivity index (χ4n) is 1.50. The Morgan fingerprint density at radius 1 is 1.53 bits per heavy atom. The highest BCUT2D eigenvalue weighted by atomic mass is 16.3. The maximum atomic E-state index is 11.2. The summed E-state index contributed by atoms with van der Waals surface area (Å²) >= 11 is 0. The van der Waals surface area contributed by atoms with Crippen LogP contribution in [0.25, 0.3) is 0 Å². The van der Waals surface area contributed by atoms with Crippen molar-refractivity contribution < 1.29 is 9.90 Å². The van der Waals surface area contributed by atoms with E-state index in [1.54, 1.807) is 7.05 Å². The van der Waals surface area contributed by atoms with Gasteiger partial charge in [0.25, 0.3) is 5.91 Å². The van der Waals surface area contributed by atoms with Crippen molar-refractivity contribution in [1.29, 1.82) is 0 Å². The first-order valence-electron chi connectivity index (χ1n) is 5.30. The molecule has 1 heterocycles. The van der Waals surface area contributed by atoms with Crippen LogP contribution in [0.4, 0.5) is 0 Å². The van der Waals surface area contributed by atoms with Crippen molar-refractivity contribution in [3.8, 4) is 0 Å². The van der Waals surface area contributed by atoms with Crippen LogP contribution in [0.5, 0.6) is 0 Å². The topological polar surface area (TPSA) is 76.6 Å². The van der Waals surface area contributed by atoms with Crippen molar-refractivity contribution in [1.82, 2.24) is 20.9 Å². The Bertz CT molecular complexity index is 195. The summed E-state index contributed by atoms with van der Waals surface area (Å²) in [6, 6.07) is 0. The number of likely N-dealkylation sites (N-methyl/N-ethyl adjacent to an activating group) is 1. The normalized spacial score (nSPS) is 19.9. The van der Waals surface area contributed by atoms with Crippen molar-refractivity contribution in [2.45, 2.75) is 6.23 Å². The van der Waals surface area contributed by atoms with E-state index in [2.05, 4.69) is 20.9 Å². The number of aliphatic hydroxyl groups excluding tert-OH is 1.